The van der Waals surface area contributed by atoms with Crippen molar-refractivity contribution in [3.8, 4) is 0 Å². The van der Waals surface area contributed by atoms with E-state index in [1.165, 1.54) is 24.4 Å². The van der Waals surface area contributed by atoms with E-state index in [4.69, 9.17) is 11.6 Å². The number of hydrogen-bond acceptors (Lipinski definition) is 6. The van der Waals surface area contributed by atoms with E-state index < -0.39 is 16.4 Å². The Morgan fingerprint density at radius 3 is 2.89 bits per heavy atom. The molecule has 136 valence electrons. The van der Waals surface area contributed by atoms with Gasteiger partial charge in [0.1, 0.15) is 10.7 Å². The lowest BCUT2D eigenvalue weighted by molar-refractivity contribution is -0.384. The lowest BCUT2D eigenvalue weighted by atomic mass is 10.2. The number of para-hydroxylation sites is 2. The number of nitro benzene ring substituents is 1. The SMILES string of the molecule is O=C(Cc1nc2ccccc2[nH]c1=O)N/N=C/c1ccc(Cl)c([N+](=O)[O-])c1. The summed E-state index contributed by atoms with van der Waals surface area (Å²) in [6, 6.07) is 11.1. The molecule has 0 fully saturated rings. The fraction of sp³-hybridized carbons (Fsp3) is 0.0588. The van der Waals surface area contributed by atoms with Crippen LogP contribution in [0.15, 0.2) is 52.4 Å². The van der Waals surface area contributed by atoms with Gasteiger partial charge >= 0.3 is 0 Å². The molecule has 1 amide bonds. The number of H-pyrrole nitrogens is 1. The fourth-order valence-corrected chi connectivity index (χ4v) is 2.49. The van der Waals surface area contributed by atoms with Crippen LogP contribution in [0.4, 0.5) is 5.69 Å². The van der Waals surface area contributed by atoms with Crippen molar-refractivity contribution in [1.29, 1.82) is 0 Å². The molecule has 0 aliphatic rings. The Bertz CT molecular complexity index is 1130. The van der Waals surface area contributed by atoms with E-state index in [0.29, 0.717) is 16.6 Å². The van der Waals surface area contributed by atoms with Crippen LogP contribution in [0.5, 0.6) is 0 Å². The fourth-order valence-electron chi connectivity index (χ4n) is 2.31. The van der Waals surface area contributed by atoms with Crippen molar-refractivity contribution in [1.82, 2.24) is 15.4 Å². The molecule has 0 saturated heterocycles. The van der Waals surface area contributed by atoms with Crippen LogP contribution in [-0.2, 0) is 11.2 Å². The number of nitrogens with zero attached hydrogens (tertiary/aromatic N) is 3. The molecule has 0 spiro atoms. The molecule has 0 aliphatic carbocycles. The first-order valence-electron chi connectivity index (χ1n) is 7.68. The van der Waals surface area contributed by atoms with Crippen molar-refractivity contribution in [3.05, 3.63) is 79.2 Å². The molecule has 1 aromatic heterocycles. The number of hydrogen-bond donors (Lipinski definition) is 2. The standard InChI is InChI=1S/C17H12ClN5O4/c18-11-6-5-10(7-15(11)23(26)27)9-19-22-16(24)8-14-17(25)21-13-4-2-1-3-12(13)20-14/h1-7,9H,8H2,(H,21,25)(H,22,24)/b19-9+. The van der Waals surface area contributed by atoms with Crippen LogP contribution in [0.3, 0.4) is 0 Å². The molecular formula is C17H12ClN5O4. The number of amides is 1. The maximum Gasteiger partial charge on any atom is 0.288 e. The van der Waals surface area contributed by atoms with Crippen LogP contribution < -0.4 is 11.0 Å². The zero-order valence-corrected chi connectivity index (χ0v) is 14.4. The van der Waals surface area contributed by atoms with Gasteiger partial charge in [-0.25, -0.2) is 10.4 Å². The Balaban J connectivity index is 1.69. The van der Waals surface area contributed by atoms with Crippen LogP contribution in [0, 0.1) is 10.1 Å². The molecule has 27 heavy (non-hydrogen) atoms. The predicted molar refractivity (Wildman–Crippen MR) is 99.9 cm³/mol. The molecule has 0 saturated carbocycles. The summed E-state index contributed by atoms with van der Waals surface area (Å²) in [6.45, 7) is 0. The Kier molecular flexibility index (Phi) is 5.23. The van der Waals surface area contributed by atoms with Gasteiger partial charge in [-0.3, -0.25) is 19.7 Å². The summed E-state index contributed by atoms with van der Waals surface area (Å²) in [7, 11) is 0. The van der Waals surface area contributed by atoms with Crippen LogP contribution in [0.25, 0.3) is 11.0 Å². The first-order valence-corrected chi connectivity index (χ1v) is 8.05. The number of carbonyl (C=O) groups is 1. The van der Waals surface area contributed by atoms with Crippen molar-refractivity contribution in [2.24, 2.45) is 5.10 Å². The topological polar surface area (TPSA) is 130 Å². The van der Waals surface area contributed by atoms with Crippen molar-refractivity contribution in [3.63, 3.8) is 0 Å². The largest absolute Gasteiger partial charge is 0.319 e. The molecule has 2 aromatic carbocycles. The van der Waals surface area contributed by atoms with E-state index >= 15 is 0 Å². The van der Waals surface area contributed by atoms with Gasteiger partial charge < -0.3 is 4.98 Å². The van der Waals surface area contributed by atoms with Crippen LogP contribution in [-0.4, -0.2) is 27.0 Å². The van der Waals surface area contributed by atoms with Crippen LogP contribution in [0.2, 0.25) is 5.02 Å². The quantitative estimate of drug-likeness (QED) is 0.395. The van der Waals surface area contributed by atoms with Crippen molar-refractivity contribution < 1.29 is 9.72 Å². The van der Waals surface area contributed by atoms with E-state index in [-0.39, 0.29) is 22.8 Å². The lowest BCUT2D eigenvalue weighted by Gasteiger charge is -2.02. The Morgan fingerprint density at radius 1 is 1.33 bits per heavy atom. The third-order valence-corrected chi connectivity index (χ3v) is 3.89. The maximum atomic E-state index is 12.0. The number of aromatic nitrogens is 2. The first-order chi connectivity index (χ1) is 12.9. The molecule has 1 heterocycles. The normalized spacial score (nSPS) is 11.0. The monoisotopic (exact) mass is 385 g/mol. The summed E-state index contributed by atoms with van der Waals surface area (Å²) >= 11 is 5.73. The summed E-state index contributed by atoms with van der Waals surface area (Å²) in [4.78, 5) is 41.0. The number of benzene rings is 2. The lowest BCUT2D eigenvalue weighted by Crippen LogP contribution is -2.25. The average Bonchev–Trinajstić information content (AvgIpc) is 2.63. The molecule has 2 N–H and O–H groups in total. The predicted octanol–water partition coefficient (Wildman–Crippen LogP) is 2.18. The van der Waals surface area contributed by atoms with E-state index in [9.17, 15) is 19.7 Å². The zero-order chi connectivity index (χ0) is 19.4. The van der Waals surface area contributed by atoms with Gasteiger partial charge in [0.2, 0.25) is 5.91 Å². The molecule has 0 atom stereocenters. The van der Waals surface area contributed by atoms with Crippen molar-refractivity contribution in [2.75, 3.05) is 0 Å². The van der Waals surface area contributed by atoms with Gasteiger partial charge in [-0.15, -0.1) is 0 Å². The highest BCUT2D eigenvalue weighted by atomic mass is 35.5. The van der Waals surface area contributed by atoms with Gasteiger partial charge in [-0.2, -0.15) is 5.10 Å². The Labute approximate surface area is 156 Å². The Hall–Kier alpha value is -3.59. The molecule has 3 aromatic rings. The highest BCUT2D eigenvalue weighted by Gasteiger charge is 2.12. The molecule has 0 unspecified atom stereocenters. The molecular weight excluding hydrogens is 374 g/mol. The van der Waals surface area contributed by atoms with Crippen LogP contribution >= 0.6 is 11.6 Å². The van der Waals surface area contributed by atoms with Gasteiger partial charge in [-0.1, -0.05) is 29.8 Å². The second kappa shape index (κ2) is 7.75. The summed E-state index contributed by atoms with van der Waals surface area (Å²) in [5.41, 5.74) is 3.12. The third-order valence-electron chi connectivity index (χ3n) is 3.57. The third kappa shape index (κ3) is 4.33. The minimum atomic E-state index is -0.615. The molecule has 3 rings (SSSR count). The van der Waals surface area contributed by atoms with Gasteiger partial charge in [0.15, 0.2) is 0 Å². The number of rotatable bonds is 5. The summed E-state index contributed by atoms with van der Waals surface area (Å²) in [5.74, 6) is -0.553. The summed E-state index contributed by atoms with van der Waals surface area (Å²) in [5, 5.41) is 14.6. The first kappa shape index (κ1) is 18.2. The van der Waals surface area contributed by atoms with Gasteiger partial charge in [0.25, 0.3) is 11.2 Å². The van der Waals surface area contributed by atoms with Gasteiger partial charge in [-0.05, 0) is 18.2 Å². The van der Waals surface area contributed by atoms with Crippen LogP contribution in [0.1, 0.15) is 11.3 Å². The molecule has 10 heteroatoms. The van der Waals surface area contributed by atoms with Crippen molar-refractivity contribution >= 4 is 40.4 Å². The number of hydrazone groups is 1. The highest BCUT2D eigenvalue weighted by molar-refractivity contribution is 6.32. The highest BCUT2D eigenvalue weighted by Crippen LogP contribution is 2.24. The summed E-state index contributed by atoms with van der Waals surface area (Å²) < 4.78 is 0. The maximum absolute atomic E-state index is 12.0. The van der Waals surface area contributed by atoms with E-state index in [2.05, 4.69) is 20.5 Å². The minimum absolute atomic E-state index is 0.00258. The van der Waals surface area contributed by atoms with Gasteiger partial charge in [0.05, 0.1) is 28.6 Å². The van der Waals surface area contributed by atoms with E-state index in [1.54, 1.807) is 24.3 Å². The zero-order valence-electron chi connectivity index (χ0n) is 13.7. The Morgan fingerprint density at radius 2 is 2.11 bits per heavy atom. The molecule has 0 radical (unpaired) electrons. The average molecular weight is 386 g/mol. The number of fused-ring (bicyclic) bond motifs is 1. The smallest absolute Gasteiger partial charge is 0.288 e. The second-order valence-corrected chi connectivity index (χ2v) is 5.87. The van der Waals surface area contributed by atoms with Crippen molar-refractivity contribution in [2.45, 2.75) is 6.42 Å². The number of aromatic amines is 1. The molecule has 0 bridgehead atoms. The van der Waals surface area contributed by atoms with E-state index in [1.807, 2.05) is 0 Å². The molecule has 9 nitrogen and oxygen atoms in total. The number of carbonyl (C=O) groups excluding carboxylic acids is 1. The summed E-state index contributed by atoms with van der Waals surface area (Å²) in [6.07, 6.45) is 0.970. The number of nitrogens with one attached hydrogen (secondary N) is 2. The second-order valence-electron chi connectivity index (χ2n) is 5.47. The van der Waals surface area contributed by atoms with Gasteiger partial charge in [0, 0.05) is 11.6 Å². The number of halogens is 1. The minimum Gasteiger partial charge on any atom is -0.319 e. The molecule has 0 aliphatic heterocycles. The number of nitro groups is 1. The van der Waals surface area contributed by atoms with E-state index in [0.717, 1.165) is 0 Å².